The first-order valence-electron chi connectivity index (χ1n) is 8.02. The van der Waals surface area contributed by atoms with Crippen LogP contribution in [0.3, 0.4) is 0 Å². The molecule has 1 aromatic rings. The van der Waals surface area contributed by atoms with E-state index in [1.807, 2.05) is 0 Å². The molecule has 0 radical (unpaired) electrons. The number of morpholine rings is 1. The first kappa shape index (κ1) is 14.1. The summed E-state index contributed by atoms with van der Waals surface area (Å²) in [5.41, 5.74) is 2.94. The van der Waals surface area contributed by atoms with E-state index in [0.29, 0.717) is 0 Å². The standard InChI is InChI=1S/C17H26N2O/c1-2-6-16(14-19-9-11-20-12-10-19)15(5-1)13-18-17-7-3-4-8-17/h1-2,5-6,17-18H,3-4,7-14H2. The normalized spacial score (nSPS) is 21.4. The average molecular weight is 274 g/mol. The molecular weight excluding hydrogens is 248 g/mol. The van der Waals surface area contributed by atoms with Crippen molar-refractivity contribution >= 4 is 0 Å². The zero-order chi connectivity index (χ0) is 13.6. The number of hydrogen-bond donors (Lipinski definition) is 1. The number of rotatable bonds is 5. The van der Waals surface area contributed by atoms with Crippen LogP contribution in [0.2, 0.25) is 0 Å². The van der Waals surface area contributed by atoms with Crippen molar-refractivity contribution in [1.82, 2.24) is 10.2 Å². The molecule has 0 bridgehead atoms. The third-order valence-corrected chi connectivity index (χ3v) is 4.55. The van der Waals surface area contributed by atoms with E-state index >= 15 is 0 Å². The molecule has 1 aromatic carbocycles. The monoisotopic (exact) mass is 274 g/mol. The highest BCUT2D eigenvalue weighted by molar-refractivity contribution is 5.27. The Morgan fingerprint density at radius 1 is 1.05 bits per heavy atom. The van der Waals surface area contributed by atoms with Crippen LogP contribution < -0.4 is 5.32 Å². The Bertz CT molecular complexity index is 409. The molecule has 1 saturated carbocycles. The third-order valence-electron chi connectivity index (χ3n) is 4.55. The van der Waals surface area contributed by atoms with Crippen LogP contribution in [0.25, 0.3) is 0 Å². The van der Waals surface area contributed by atoms with Gasteiger partial charge < -0.3 is 10.1 Å². The number of nitrogens with one attached hydrogen (secondary N) is 1. The highest BCUT2D eigenvalue weighted by atomic mass is 16.5. The van der Waals surface area contributed by atoms with Crippen molar-refractivity contribution in [1.29, 1.82) is 0 Å². The maximum Gasteiger partial charge on any atom is 0.0594 e. The Kier molecular flexibility index (Phi) is 5.06. The first-order valence-corrected chi connectivity index (χ1v) is 8.02. The van der Waals surface area contributed by atoms with Crippen LogP contribution in [0.15, 0.2) is 24.3 Å². The van der Waals surface area contributed by atoms with Crippen molar-refractivity contribution in [3.05, 3.63) is 35.4 Å². The molecular formula is C17H26N2O. The SMILES string of the molecule is c1ccc(CN2CCOCC2)c(CNC2CCCC2)c1. The van der Waals surface area contributed by atoms with Crippen molar-refractivity contribution in [3.8, 4) is 0 Å². The molecule has 1 aliphatic heterocycles. The van der Waals surface area contributed by atoms with Gasteiger partial charge in [-0.3, -0.25) is 4.90 Å². The zero-order valence-electron chi connectivity index (χ0n) is 12.3. The highest BCUT2D eigenvalue weighted by Gasteiger charge is 2.16. The van der Waals surface area contributed by atoms with E-state index in [4.69, 9.17) is 4.74 Å². The lowest BCUT2D eigenvalue weighted by Gasteiger charge is -2.27. The maximum absolute atomic E-state index is 5.43. The lowest BCUT2D eigenvalue weighted by atomic mass is 10.1. The molecule has 1 aliphatic carbocycles. The Balaban J connectivity index is 1.58. The number of benzene rings is 1. The van der Waals surface area contributed by atoms with Gasteiger partial charge in [0, 0.05) is 32.2 Å². The molecule has 20 heavy (non-hydrogen) atoms. The second kappa shape index (κ2) is 7.21. The second-order valence-electron chi connectivity index (χ2n) is 6.02. The van der Waals surface area contributed by atoms with Gasteiger partial charge in [0.2, 0.25) is 0 Å². The summed E-state index contributed by atoms with van der Waals surface area (Å²) >= 11 is 0. The lowest BCUT2D eigenvalue weighted by Crippen LogP contribution is -2.36. The van der Waals surface area contributed by atoms with Crippen molar-refractivity contribution in [2.75, 3.05) is 26.3 Å². The lowest BCUT2D eigenvalue weighted by molar-refractivity contribution is 0.0340. The number of nitrogens with zero attached hydrogens (tertiary/aromatic N) is 1. The van der Waals surface area contributed by atoms with Gasteiger partial charge in [-0.05, 0) is 24.0 Å². The summed E-state index contributed by atoms with van der Waals surface area (Å²) in [6, 6.07) is 9.62. The summed E-state index contributed by atoms with van der Waals surface area (Å²) in [6.07, 6.45) is 5.50. The topological polar surface area (TPSA) is 24.5 Å². The minimum atomic E-state index is 0.742. The van der Waals surface area contributed by atoms with Crippen molar-refractivity contribution in [2.24, 2.45) is 0 Å². The van der Waals surface area contributed by atoms with Gasteiger partial charge in [0.25, 0.3) is 0 Å². The molecule has 0 atom stereocenters. The smallest absolute Gasteiger partial charge is 0.0594 e. The fourth-order valence-electron chi connectivity index (χ4n) is 3.27. The van der Waals surface area contributed by atoms with Crippen molar-refractivity contribution < 1.29 is 4.74 Å². The first-order chi connectivity index (χ1) is 9.92. The molecule has 0 unspecified atom stereocenters. The van der Waals surface area contributed by atoms with E-state index in [2.05, 4.69) is 34.5 Å². The van der Waals surface area contributed by atoms with Crippen LogP contribution in [0.4, 0.5) is 0 Å². The predicted molar refractivity (Wildman–Crippen MR) is 81.6 cm³/mol. The van der Waals surface area contributed by atoms with Gasteiger partial charge in [-0.25, -0.2) is 0 Å². The van der Waals surface area contributed by atoms with Crippen LogP contribution in [-0.4, -0.2) is 37.2 Å². The highest BCUT2D eigenvalue weighted by Crippen LogP contribution is 2.19. The Hall–Kier alpha value is -0.900. The quantitative estimate of drug-likeness (QED) is 0.893. The van der Waals surface area contributed by atoms with Crippen LogP contribution >= 0.6 is 0 Å². The zero-order valence-corrected chi connectivity index (χ0v) is 12.3. The molecule has 1 heterocycles. The van der Waals surface area contributed by atoms with E-state index in [0.717, 1.165) is 45.4 Å². The van der Waals surface area contributed by atoms with E-state index in [1.54, 1.807) is 0 Å². The van der Waals surface area contributed by atoms with Crippen molar-refractivity contribution in [2.45, 2.75) is 44.8 Å². The van der Waals surface area contributed by atoms with Gasteiger partial charge in [-0.1, -0.05) is 37.1 Å². The molecule has 0 aromatic heterocycles. The van der Waals surface area contributed by atoms with E-state index in [9.17, 15) is 0 Å². The fourth-order valence-corrected chi connectivity index (χ4v) is 3.27. The average Bonchev–Trinajstić information content (AvgIpc) is 3.01. The fraction of sp³-hybridized carbons (Fsp3) is 0.647. The second-order valence-corrected chi connectivity index (χ2v) is 6.02. The summed E-state index contributed by atoms with van der Waals surface area (Å²) in [5.74, 6) is 0. The summed E-state index contributed by atoms with van der Waals surface area (Å²) < 4.78 is 5.43. The molecule has 2 fully saturated rings. The van der Waals surface area contributed by atoms with E-state index < -0.39 is 0 Å². The predicted octanol–water partition coefficient (Wildman–Crippen LogP) is 2.55. The largest absolute Gasteiger partial charge is 0.379 e. The van der Waals surface area contributed by atoms with Gasteiger partial charge in [-0.2, -0.15) is 0 Å². The molecule has 3 nitrogen and oxygen atoms in total. The molecule has 3 rings (SSSR count). The maximum atomic E-state index is 5.43. The number of hydrogen-bond acceptors (Lipinski definition) is 3. The van der Waals surface area contributed by atoms with Gasteiger partial charge in [-0.15, -0.1) is 0 Å². The van der Waals surface area contributed by atoms with Crippen LogP contribution in [0, 0.1) is 0 Å². The van der Waals surface area contributed by atoms with Crippen LogP contribution in [0.1, 0.15) is 36.8 Å². The summed E-state index contributed by atoms with van der Waals surface area (Å²) in [4.78, 5) is 2.50. The minimum Gasteiger partial charge on any atom is -0.379 e. The Morgan fingerprint density at radius 2 is 1.75 bits per heavy atom. The van der Waals surface area contributed by atoms with Crippen LogP contribution in [-0.2, 0) is 17.8 Å². The molecule has 3 heteroatoms. The molecule has 2 aliphatic rings. The summed E-state index contributed by atoms with van der Waals surface area (Å²) in [7, 11) is 0. The number of ether oxygens (including phenoxy) is 1. The van der Waals surface area contributed by atoms with Gasteiger partial charge >= 0.3 is 0 Å². The van der Waals surface area contributed by atoms with Gasteiger partial charge in [0.15, 0.2) is 0 Å². The van der Waals surface area contributed by atoms with Gasteiger partial charge in [0.05, 0.1) is 13.2 Å². The minimum absolute atomic E-state index is 0.742. The van der Waals surface area contributed by atoms with E-state index in [-0.39, 0.29) is 0 Å². The molecule has 1 N–H and O–H groups in total. The molecule has 110 valence electrons. The van der Waals surface area contributed by atoms with Gasteiger partial charge in [0.1, 0.15) is 0 Å². The third kappa shape index (κ3) is 3.81. The summed E-state index contributed by atoms with van der Waals surface area (Å²) in [5, 5.41) is 3.73. The van der Waals surface area contributed by atoms with Crippen molar-refractivity contribution in [3.63, 3.8) is 0 Å². The molecule has 0 amide bonds. The summed E-state index contributed by atoms with van der Waals surface area (Å²) in [6.45, 7) is 5.96. The molecule has 0 spiro atoms. The Morgan fingerprint density at radius 3 is 2.50 bits per heavy atom. The molecule has 1 saturated heterocycles. The Labute approximate surface area is 122 Å². The van der Waals surface area contributed by atoms with Crippen LogP contribution in [0.5, 0.6) is 0 Å². The van der Waals surface area contributed by atoms with E-state index in [1.165, 1.54) is 36.8 Å².